The number of likely N-dealkylation sites (tertiary alicyclic amines) is 1. The van der Waals surface area contributed by atoms with Crippen LogP contribution in [0.25, 0.3) is 0 Å². The molecule has 1 aliphatic heterocycles. The highest BCUT2D eigenvalue weighted by Gasteiger charge is 2.31. The van der Waals surface area contributed by atoms with Crippen molar-refractivity contribution in [2.24, 2.45) is 0 Å². The number of nitrogens with one attached hydrogen (secondary N) is 1. The minimum Gasteiger partial charge on any atom is -0.494 e. The number of benzene rings is 1. The highest BCUT2D eigenvalue weighted by molar-refractivity contribution is 5.97. The van der Waals surface area contributed by atoms with Gasteiger partial charge in [-0.2, -0.15) is 0 Å². The maximum absolute atomic E-state index is 12.4. The number of carbonyl (C=O) groups is 1. The Morgan fingerprint density at radius 3 is 2.48 bits per heavy atom. The first-order valence-electron chi connectivity index (χ1n) is 9.48. The van der Waals surface area contributed by atoms with Crippen LogP contribution in [0.2, 0.25) is 0 Å². The van der Waals surface area contributed by atoms with Gasteiger partial charge in [-0.15, -0.1) is 0 Å². The van der Waals surface area contributed by atoms with E-state index in [0.717, 1.165) is 31.0 Å². The summed E-state index contributed by atoms with van der Waals surface area (Å²) in [5, 5.41) is 2.92. The Labute approximate surface area is 151 Å². The third-order valence-electron chi connectivity index (χ3n) is 4.82. The molecule has 1 fully saturated rings. The molecule has 0 saturated carbocycles. The van der Waals surface area contributed by atoms with Crippen LogP contribution in [-0.2, 0) is 9.53 Å². The van der Waals surface area contributed by atoms with Gasteiger partial charge in [0.25, 0.3) is 5.91 Å². The largest absolute Gasteiger partial charge is 0.494 e. The highest BCUT2D eigenvalue weighted by Crippen LogP contribution is 2.21. The van der Waals surface area contributed by atoms with Gasteiger partial charge in [0.05, 0.1) is 6.61 Å². The predicted octanol–water partition coefficient (Wildman–Crippen LogP) is 3.70. The molecule has 2 rings (SSSR count). The average molecular weight is 348 g/mol. The van der Waals surface area contributed by atoms with Gasteiger partial charge < -0.3 is 19.7 Å². The number of amides is 1. The first kappa shape index (κ1) is 19.7. The van der Waals surface area contributed by atoms with Gasteiger partial charge in [-0.05, 0) is 76.9 Å². The van der Waals surface area contributed by atoms with E-state index in [2.05, 4.69) is 10.2 Å². The van der Waals surface area contributed by atoms with Crippen molar-refractivity contribution in [1.29, 1.82) is 0 Å². The van der Waals surface area contributed by atoms with E-state index in [9.17, 15) is 4.79 Å². The summed E-state index contributed by atoms with van der Waals surface area (Å²) in [6.45, 7) is 10.5. The molecule has 0 bridgehead atoms. The average Bonchev–Trinajstić information content (AvgIpc) is 3.13. The number of carbonyl (C=O) groups excluding carboxylic acids is 1. The summed E-state index contributed by atoms with van der Waals surface area (Å²) >= 11 is 0. The summed E-state index contributed by atoms with van der Waals surface area (Å²) < 4.78 is 11.4. The summed E-state index contributed by atoms with van der Waals surface area (Å²) in [5.41, 5.74) is -0.0340. The molecular formula is C20H32N2O3. The third-order valence-corrected chi connectivity index (χ3v) is 4.82. The molecule has 0 spiro atoms. The number of hydrogen-bond acceptors (Lipinski definition) is 4. The zero-order valence-electron chi connectivity index (χ0n) is 15.8. The second kappa shape index (κ2) is 9.78. The van der Waals surface area contributed by atoms with Crippen LogP contribution in [0, 0.1) is 0 Å². The lowest BCUT2D eigenvalue weighted by Crippen LogP contribution is -2.42. The molecule has 25 heavy (non-hydrogen) atoms. The van der Waals surface area contributed by atoms with Gasteiger partial charge >= 0.3 is 0 Å². The Kier molecular flexibility index (Phi) is 7.72. The van der Waals surface area contributed by atoms with Gasteiger partial charge in [0.15, 0.2) is 0 Å². The number of ether oxygens (including phenoxy) is 2. The third kappa shape index (κ3) is 6.01. The summed E-state index contributed by atoms with van der Waals surface area (Å²) in [6.07, 6.45) is 4.33. The van der Waals surface area contributed by atoms with E-state index in [1.54, 1.807) is 0 Å². The van der Waals surface area contributed by atoms with Crippen molar-refractivity contribution in [2.75, 3.05) is 38.2 Å². The molecule has 0 radical (unpaired) electrons. The predicted molar refractivity (Wildman–Crippen MR) is 101 cm³/mol. The maximum Gasteiger partial charge on any atom is 0.256 e. The van der Waals surface area contributed by atoms with E-state index in [4.69, 9.17) is 9.47 Å². The quantitative estimate of drug-likeness (QED) is 0.655. The topological polar surface area (TPSA) is 50.8 Å². The SMILES string of the molecule is CCO[C@](C)(CC)C(=O)Nc1ccc(OCCCN2CCCC2)cc1. The second-order valence-electron chi connectivity index (χ2n) is 6.75. The van der Waals surface area contributed by atoms with Gasteiger partial charge in [0.2, 0.25) is 0 Å². The van der Waals surface area contributed by atoms with Gasteiger partial charge in [-0.25, -0.2) is 0 Å². The first-order valence-corrected chi connectivity index (χ1v) is 9.48. The van der Waals surface area contributed by atoms with Crippen LogP contribution in [0.3, 0.4) is 0 Å². The minimum atomic E-state index is -0.792. The molecule has 1 heterocycles. The monoisotopic (exact) mass is 348 g/mol. The molecule has 1 aromatic rings. The van der Waals surface area contributed by atoms with Crippen LogP contribution in [0.15, 0.2) is 24.3 Å². The molecule has 1 atom stereocenters. The van der Waals surface area contributed by atoms with Crippen LogP contribution < -0.4 is 10.1 Å². The molecule has 1 aromatic carbocycles. The van der Waals surface area contributed by atoms with Gasteiger partial charge in [0, 0.05) is 18.8 Å². The van der Waals surface area contributed by atoms with Crippen molar-refractivity contribution in [3.63, 3.8) is 0 Å². The summed E-state index contributed by atoms with van der Waals surface area (Å²) in [4.78, 5) is 14.9. The Morgan fingerprint density at radius 1 is 1.20 bits per heavy atom. The molecule has 0 aromatic heterocycles. The van der Waals surface area contributed by atoms with Crippen LogP contribution in [0.1, 0.15) is 46.5 Å². The Morgan fingerprint density at radius 2 is 1.88 bits per heavy atom. The zero-order valence-corrected chi connectivity index (χ0v) is 15.8. The van der Waals surface area contributed by atoms with Crippen LogP contribution >= 0.6 is 0 Å². The Balaban J connectivity index is 1.75. The van der Waals surface area contributed by atoms with Crippen molar-refractivity contribution < 1.29 is 14.3 Å². The van der Waals surface area contributed by atoms with Crippen LogP contribution in [0.5, 0.6) is 5.75 Å². The normalized spacial score (nSPS) is 17.2. The number of anilines is 1. The van der Waals surface area contributed by atoms with Crippen molar-refractivity contribution in [3.05, 3.63) is 24.3 Å². The summed E-state index contributed by atoms with van der Waals surface area (Å²) in [5.74, 6) is 0.721. The van der Waals surface area contributed by atoms with Gasteiger partial charge in [-0.1, -0.05) is 6.92 Å². The lowest BCUT2D eigenvalue weighted by molar-refractivity contribution is -0.139. The summed E-state index contributed by atoms with van der Waals surface area (Å²) in [7, 11) is 0. The van der Waals surface area contributed by atoms with Gasteiger partial charge in [0.1, 0.15) is 11.4 Å². The van der Waals surface area contributed by atoms with Crippen molar-refractivity contribution in [2.45, 2.75) is 52.1 Å². The second-order valence-corrected chi connectivity index (χ2v) is 6.75. The van der Waals surface area contributed by atoms with Crippen LogP contribution in [0.4, 0.5) is 5.69 Å². The van der Waals surface area contributed by atoms with Crippen LogP contribution in [-0.4, -0.2) is 49.3 Å². The van der Waals surface area contributed by atoms with Crippen molar-refractivity contribution in [1.82, 2.24) is 4.90 Å². The molecular weight excluding hydrogens is 316 g/mol. The summed E-state index contributed by atoms with van der Waals surface area (Å²) in [6, 6.07) is 7.54. The molecule has 1 saturated heterocycles. The molecule has 1 aliphatic rings. The lowest BCUT2D eigenvalue weighted by Gasteiger charge is -2.26. The van der Waals surface area contributed by atoms with E-state index < -0.39 is 5.60 Å². The van der Waals surface area contributed by atoms with E-state index in [0.29, 0.717) is 13.0 Å². The number of nitrogens with zero attached hydrogens (tertiary/aromatic N) is 1. The molecule has 0 unspecified atom stereocenters. The fraction of sp³-hybridized carbons (Fsp3) is 0.650. The standard InChI is InChI=1S/C20H32N2O3/c1-4-20(3,25-5-2)19(23)21-17-9-11-18(12-10-17)24-16-8-15-22-13-6-7-14-22/h9-12H,4-8,13-16H2,1-3H3,(H,21,23)/t20-/m1/s1. The number of rotatable bonds is 10. The zero-order chi connectivity index (χ0) is 18.1. The first-order chi connectivity index (χ1) is 12.1. The lowest BCUT2D eigenvalue weighted by atomic mass is 10.0. The smallest absolute Gasteiger partial charge is 0.256 e. The van der Waals surface area contributed by atoms with E-state index in [-0.39, 0.29) is 5.91 Å². The van der Waals surface area contributed by atoms with E-state index in [1.807, 2.05) is 45.0 Å². The maximum atomic E-state index is 12.4. The molecule has 5 nitrogen and oxygen atoms in total. The molecule has 0 aliphatic carbocycles. The molecule has 1 amide bonds. The van der Waals surface area contributed by atoms with E-state index in [1.165, 1.54) is 25.9 Å². The van der Waals surface area contributed by atoms with Gasteiger partial charge in [-0.3, -0.25) is 4.79 Å². The highest BCUT2D eigenvalue weighted by atomic mass is 16.5. The van der Waals surface area contributed by atoms with E-state index >= 15 is 0 Å². The van der Waals surface area contributed by atoms with Crippen molar-refractivity contribution >= 4 is 11.6 Å². The minimum absolute atomic E-state index is 0.115. The Bertz CT molecular complexity index is 526. The molecule has 140 valence electrons. The fourth-order valence-corrected chi connectivity index (χ4v) is 3.03. The van der Waals surface area contributed by atoms with Crippen molar-refractivity contribution in [3.8, 4) is 5.75 Å². The molecule has 1 N–H and O–H groups in total. The molecule has 5 heteroatoms. The number of hydrogen-bond donors (Lipinski definition) is 1. The fourth-order valence-electron chi connectivity index (χ4n) is 3.03. The Hall–Kier alpha value is -1.59.